The van der Waals surface area contributed by atoms with Crippen LogP contribution in [-0.4, -0.2) is 38.8 Å². The van der Waals surface area contributed by atoms with Crippen molar-refractivity contribution in [3.63, 3.8) is 0 Å². The van der Waals surface area contributed by atoms with Crippen LogP contribution in [0.3, 0.4) is 0 Å². The zero-order valence-electron chi connectivity index (χ0n) is 15.8. The first kappa shape index (κ1) is 20.3. The summed E-state index contributed by atoms with van der Waals surface area (Å²) in [7, 11) is -2.16. The van der Waals surface area contributed by atoms with E-state index in [1.165, 1.54) is 47.8 Å². The lowest BCUT2D eigenvalue weighted by Crippen LogP contribution is -2.39. The second kappa shape index (κ2) is 8.28. The van der Waals surface area contributed by atoms with Crippen molar-refractivity contribution in [1.82, 2.24) is 4.31 Å². The molecular formula is C20H23FN2O4S. The summed E-state index contributed by atoms with van der Waals surface area (Å²) >= 11 is 0. The molecular weight excluding hydrogens is 383 g/mol. The van der Waals surface area contributed by atoms with Crippen molar-refractivity contribution in [3.8, 4) is 5.75 Å². The molecule has 0 radical (unpaired) electrons. The van der Waals surface area contributed by atoms with Gasteiger partial charge in [-0.15, -0.1) is 0 Å². The molecule has 8 heteroatoms. The van der Waals surface area contributed by atoms with Crippen molar-refractivity contribution in [1.29, 1.82) is 0 Å². The van der Waals surface area contributed by atoms with Crippen molar-refractivity contribution in [3.05, 3.63) is 53.8 Å². The van der Waals surface area contributed by atoms with Gasteiger partial charge in [0.2, 0.25) is 10.0 Å². The molecule has 1 unspecified atom stereocenters. The first-order valence-corrected chi connectivity index (χ1v) is 10.5. The lowest BCUT2D eigenvalue weighted by molar-refractivity contribution is 0.102. The number of rotatable bonds is 5. The van der Waals surface area contributed by atoms with Crippen LogP contribution in [0.1, 0.15) is 30.1 Å². The third-order valence-corrected chi connectivity index (χ3v) is 6.66. The molecule has 0 spiro atoms. The van der Waals surface area contributed by atoms with E-state index in [0.29, 0.717) is 24.7 Å². The lowest BCUT2D eigenvalue weighted by atomic mass is 10.0. The van der Waals surface area contributed by atoms with E-state index in [0.717, 1.165) is 18.9 Å². The van der Waals surface area contributed by atoms with E-state index in [1.54, 1.807) is 0 Å². The van der Waals surface area contributed by atoms with E-state index in [4.69, 9.17) is 4.74 Å². The van der Waals surface area contributed by atoms with Crippen LogP contribution in [-0.2, 0) is 10.0 Å². The number of anilines is 1. The highest BCUT2D eigenvalue weighted by molar-refractivity contribution is 7.89. The molecule has 0 aromatic heterocycles. The Balaban J connectivity index is 1.76. The summed E-state index contributed by atoms with van der Waals surface area (Å²) in [4.78, 5) is 12.6. The minimum Gasteiger partial charge on any atom is -0.496 e. The lowest BCUT2D eigenvalue weighted by Gasteiger charge is -2.30. The fourth-order valence-corrected chi connectivity index (χ4v) is 4.88. The molecule has 1 saturated heterocycles. The summed E-state index contributed by atoms with van der Waals surface area (Å²) in [5.74, 6) is -0.513. The molecule has 2 aromatic carbocycles. The Labute approximate surface area is 164 Å². The van der Waals surface area contributed by atoms with Crippen molar-refractivity contribution in [2.75, 3.05) is 25.5 Å². The number of sulfonamides is 1. The molecule has 1 fully saturated rings. The molecule has 1 aliphatic rings. The number of carbonyl (C=O) groups is 1. The fraction of sp³-hybridized carbons (Fsp3) is 0.350. The maximum atomic E-state index is 13.5. The van der Waals surface area contributed by atoms with E-state index in [2.05, 4.69) is 5.32 Å². The third-order valence-electron chi connectivity index (χ3n) is 4.78. The normalized spacial score (nSPS) is 17.9. The molecule has 3 rings (SSSR count). The molecule has 6 nitrogen and oxygen atoms in total. The number of ether oxygens (including phenoxy) is 1. The van der Waals surface area contributed by atoms with Crippen LogP contribution in [0.2, 0.25) is 0 Å². The monoisotopic (exact) mass is 406 g/mol. The van der Waals surface area contributed by atoms with Gasteiger partial charge in [-0.25, -0.2) is 12.8 Å². The Morgan fingerprint density at radius 2 is 1.93 bits per heavy atom. The quantitative estimate of drug-likeness (QED) is 0.825. The maximum Gasteiger partial charge on any atom is 0.259 e. The van der Waals surface area contributed by atoms with Crippen molar-refractivity contribution in [2.24, 2.45) is 5.92 Å². The molecule has 0 saturated carbocycles. The molecule has 1 amide bonds. The Morgan fingerprint density at radius 1 is 1.21 bits per heavy atom. The highest BCUT2D eigenvalue weighted by atomic mass is 32.2. The van der Waals surface area contributed by atoms with Crippen LogP contribution in [0.15, 0.2) is 47.4 Å². The first-order chi connectivity index (χ1) is 13.3. The fourth-order valence-electron chi connectivity index (χ4n) is 3.28. The van der Waals surface area contributed by atoms with Crippen LogP contribution >= 0.6 is 0 Å². The predicted octanol–water partition coefficient (Wildman–Crippen LogP) is 3.51. The number of methoxy groups -OCH3 is 1. The standard InChI is InChI=1S/C20H23FN2O4S/c1-14-4-3-11-23(13-14)28(25,26)17-8-6-16(7-9-17)22-20(24)18-12-15(21)5-10-19(18)27-2/h5-10,12,14H,3-4,11,13H2,1-2H3,(H,22,24). The molecule has 0 bridgehead atoms. The van der Waals surface area contributed by atoms with Crippen molar-refractivity contribution >= 4 is 21.6 Å². The SMILES string of the molecule is COc1ccc(F)cc1C(=O)Nc1ccc(S(=O)(=O)N2CCCC(C)C2)cc1. The Kier molecular flexibility index (Phi) is 6.00. The van der Waals surface area contributed by atoms with Crippen LogP contribution in [0, 0.1) is 11.7 Å². The number of piperidine rings is 1. The second-order valence-electron chi connectivity index (χ2n) is 6.93. The topological polar surface area (TPSA) is 75.7 Å². The molecule has 0 aliphatic carbocycles. The molecule has 1 atom stereocenters. The Morgan fingerprint density at radius 3 is 2.57 bits per heavy atom. The zero-order chi connectivity index (χ0) is 20.3. The Bertz CT molecular complexity index is 961. The summed E-state index contributed by atoms with van der Waals surface area (Å²) in [6.45, 7) is 3.08. The molecule has 2 aromatic rings. The number of amides is 1. The molecule has 1 N–H and O–H groups in total. The molecule has 28 heavy (non-hydrogen) atoms. The van der Waals surface area contributed by atoms with Gasteiger partial charge in [-0.05, 0) is 61.2 Å². The summed E-state index contributed by atoms with van der Waals surface area (Å²) in [6.07, 6.45) is 1.88. The molecule has 1 heterocycles. The van der Waals surface area contributed by atoms with Gasteiger partial charge < -0.3 is 10.1 Å². The number of halogens is 1. The number of nitrogens with one attached hydrogen (secondary N) is 1. The van der Waals surface area contributed by atoms with Crippen LogP contribution < -0.4 is 10.1 Å². The first-order valence-electron chi connectivity index (χ1n) is 9.06. The van der Waals surface area contributed by atoms with Crippen LogP contribution in [0.5, 0.6) is 5.75 Å². The van der Waals surface area contributed by atoms with E-state index in [-0.39, 0.29) is 16.2 Å². The van der Waals surface area contributed by atoms with Crippen LogP contribution in [0.4, 0.5) is 10.1 Å². The van der Waals surface area contributed by atoms with E-state index in [1.807, 2.05) is 6.92 Å². The van der Waals surface area contributed by atoms with Gasteiger partial charge in [0.05, 0.1) is 17.6 Å². The summed E-state index contributed by atoms with van der Waals surface area (Å²) in [5.41, 5.74) is 0.462. The van der Waals surface area contributed by atoms with Gasteiger partial charge in [0, 0.05) is 18.8 Å². The highest BCUT2D eigenvalue weighted by Gasteiger charge is 2.28. The van der Waals surface area contributed by atoms with Gasteiger partial charge >= 0.3 is 0 Å². The van der Waals surface area contributed by atoms with E-state index >= 15 is 0 Å². The molecule has 150 valence electrons. The van der Waals surface area contributed by atoms with Crippen LogP contribution in [0.25, 0.3) is 0 Å². The number of hydrogen-bond acceptors (Lipinski definition) is 4. The van der Waals surface area contributed by atoms with E-state index in [9.17, 15) is 17.6 Å². The Hall–Kier alpha value is -2.45. The smallest absolute Gasteiger partial charge is 0.259 e. The summed E-state index contributed by atoms with van der Waals surface area (Å²) in [6, 6.07) is 9.63. The average molecular weight is 406 g/mol. The van der Waals surface area contributed by atoms with Gasteiger partial charge in [0.1, 0.15) is 11.6 Å². The van der Waals surface area contributed by atoms with Gasteiger partial charge in [0.25, 0.3) is 5.91 Å². The van der Waals surface area contributed by atoms with Gasteiger partial charge in [-0.1, -0.05) is 6.92 Å². The van der Waals surface area contributed by atoms with Gasteiger partial charge in [0.15, 0.2) is 0 Å². The van der Waals surface area contributed by atoms with E-state index < -0.39 is 21.7 Å². The minimum atomic E-state index is -3.56. The van der Waals surface area contributed by atoms with Crippen molar-refractivity contribution in [2.45, 2.75) is 24.7 Å². The van der Waals surface area contributed by atoms with Crippen molar-refractivity contribution < 1.29 is 22.3 Å². The number of carbonyl (C=O) groups excluding carboxylic acids is 1. The number of hydrogen-bond donors (Lipinski definition) is 1. The number of benzene rings is 2. The minimum absolute atomic E-state index is 0.0569. The zero-order valence-corrected chi connectivity index (χ0v) is 16.6. The molecule has 1 aliphatic heterocycles. The predicted molar refractivity (Wildman–Crippen MR) is 105 cm³/mol. The number of nitrogens with zero attached hydrogens (tertiary/aromatic N) is 1. The van der Waals surface area contributed by atoms with Gasteiger partial charge in [-0.2, -0.15) is 4.31 Å². The highest BCUT2D eigenvalue weighted by Crippen LogP contribution is 2.25. The summed E-state index contributed by atoms with van der Waals surface area (Å²) in [5, 5.41) is 2.63. The largest absolute Gasteiger partial charge is 0.496 e. The van der Waals surface area contributed by atoms with Gasteiger partial charge in [-0.3, -0.25) is 4.79 Å². The third kappa shape index (κ3) is 4.34. The summed E-state index contributed by atoms with van der Waals surface area (Å²) < 4.78 is 45.6. The maximum absolute atomic E-state index is 13.5. The second-order valence-corrected chi connectivity index (χ2v) is 8.87. The average Bonchev–Trinajstić information content (AvgIpc) is 2.68.